The Morgan fingerprint density at radius 3 is 2.19 bits per heavy atom. The Hall–Kier alpha value is -6.50. The molecule has 3 aromatic rings. The average molecular weight is 1020 g/mol. The first-order valence-corrected chi connectivity index (χ1v) is 24.5. The zero-order valence-corrected chi connectivity index (χ0v) is 43.1. The summed E-state index contributed by atoms with van der Waals surface area (Å²) in [7, 11) is 1.49. The molecule has 3 aromatic carbocycles. The first-order valence-electron chi connectivity index (χ1n) is 24.1. The van der Waals surface area contributed by atoms with Crippen LogP contribution in [0.15, 0.2) is 78.9 Å². The molecule has 7 N–H and O–H groups in total. The fourth-order valence-electron chi connectivity index (χ4n) is 7.63. The van der Waals surface area contributed by atoms with Crippen LogP contribution in [0, 0.1) is 23.2 Å². The molecular formula is C53H69ClN6O12. The van der Waals surface area contributed by atoms with Gasteiger partial charge in [-0.15, -0.1) is 0 Å². The molecular weight excluding hydrogens is 948 g/mol. The van der Waals surface area contributed by atoms with Crippen molar-refractivity contribution in [2.24, 2.45) is 28.9 Å². The van der Waals surface area contributed by atoms with Crippen LogP contribution < -0.4 is 37.1 Å². The quantitative estimate of drug-likeness (QED) is 0.0518. The van der Waals surface area contributed by atoms with Gasteiger partial charge < -0.3 is 56.0 Å². The van der Waals surface area contributed by atoms with E-state index in [2.05, 4.69) is 26.6 Å². The molecule has 1 saturated heterocycles. The summed E-state index contributed by atoms with van der Waals surface area (Å²) in [5.41, 5.74) is 8.12. The summed E-state index contributed by atoms with van der Waals surface area (Å²) in [5.74, 6) is -3.40. The van der Waals surface area contributed by atoms with Gasteiger partial charge in [0.2, 0.25) is 23.6 Å². The van der Waals surface area contributed by atoms with Crippen molar-refractivity contribution < 1.29 is 57.2 Å². The number of hydrogen-bond acceptors (Lipinski definition) is 13. The van der Waals surface area contributed by atoms with Gasteiger partial charge in [0.25, 0.3) is 0 Å². The molecule has 2 unspecified atom stereocenters. The standard InChI is InChI=1S/C53H69ClN6O12/c1-29(2)23-42-50(65)70-40(11-10-12-43(61)60-39(25-35-17-22-41(68-9)38(54)24-35)48(63)57-28-53(7,8)51(66)71-42)31(5)45-46(72-45)36-18-13-33(14-19-36)26-56-52(67)69-27-34-15-20-37(21-16-34)59-47(62)32(6)58-49(64)44(55)30(3)4/h10,12-22,24,29-32,39-40,42,44-46H,11,23,25-28,55H2,1-9H3,(H,56,67)(H,57,63)(H,58,64)(H,59,62)(H,60,61)/b12-10+/t31-,32?,39+,40-,42-,44?,45+,46+/m0/s1. The summed E-state index contributed by atoms with van der Waals surface area (Å²) in [4.78, 5) is 92.0. The van der Waals surface area contributed by atoms with Crippen molar-refractivity contribution in [2.45, 2.75) is 130 Å². The predicted octanol–water partition coefficient (Wildman–Crippen LogP) is 5.98. The number of nitrogens with one attached hydrogen (secondary N) is 5. The Morgan fingerprint density at radius 1 is 0.889 bits per heavy atom. The lowest BCUT2D eigenvalue weighted by molar-refractivity contribution is -0.179. The molecule has 5 rings (SSSR count). The largest absolute Gasteiger partial charge is 0.495 e. The molecule has 2 heterocycles. The second-order valence-corrected chi connectivity index (χ2v) is 20.1. The minimum Gasteiger partial charge on any atom is -0.495 e. The molecule has 0 radical (unpaired) electrons. The van der Waals surface area contributed by atoms with E-state index in [1.54, 1.807) is 69.3 Å². The van der Waals surface area contributed by atoms with Gasteiger partial charge in [-0.25, -0.2) is 9.59 Å². The van der Waals surface area contributed by atoms with Crippen molar-refractivity contribution in [1.82, 2.24) is 21.3 Å². The van der Waals surface area contributed by atoms with Crippen molar-refractivity contribution in [3.05, 3.63) is 106 Å². The monoisotopic (exact) mass is 1020 g/mol. The number of anilines is 1. The van der Waals surface area contributed by atoms with E-state index in [4.69, 9.17) is 41.0 Å². The van der Waals surface area contributed by atoms with E-state index in [0.29, 0.717) is 27.6 Å². The highest BCUT2D eigenvalue weighted by Crippen LogP contribution is 2.45. The Morgan fingerprint density at radius 2 is 1.56 bits per heavy atom. The van der Waals surface area contributed by atoms with Crippen molar-refractivity contribution in [1.29, 1.82) is 0 Å². The molecule has 72 heavy (non-hydrogen) atoms. The van der Waals surface area contributed by atoms with Gasteiger partial charge in [0.05, 0.1) is 29.7 Å². The van der Waals surface area contributed by atoms with Gasteiger partial charge in [0, 0.05) is 37.5 Å². The maximum atomic E-state index is 13.9. The number of ether oxygens (including phenoxy) is 5. The number of esters is 2. The molecule has 390 valence electrons. The summed E-state index contributed by atoms with van der Waals surface area (Å²) in [6.45, 7) is 14.1. The van der Waals surface area contributed by atoms with E-state index in [-0.39, 0.29) is 68.9 Å². The lowest BCUT2D eigenvalue weighted by Gasteiger charge is -2.29. The summed E-state index contributed by atoms with van der Waals surface area (Å²) < 4.78 is 28.8. The summed E-state index contributed by atoms with van der Waals surface area (Å²) in [6, 6.07) is 16.7. The molecule has 19 heteroatoms. The third-order valence-electron chi connectivity index (χ3n) is 12.4. The first kappa shape index (κ1) is 56.4. The Balaban J connectivity index is 1.18. The zero-order chi connectivity index (χ0) is 52.9. The van der Waals surface area contributed by atoms with E-state index in [1.165, 1.54) is 13.2 Å². The number of epoxide rings is 1. The maximum absolute atomic E-state index is 13.9. The van der Waals surface area contributed by atoms with Crippen molar-refractivity contribution in [3.63, 3.8) is 0 Å². The zero-order valence-electron chi connectivity index (χ0n) is 42.4. The van der Waals surface area contributed by atoms with E-state index in [0.717, 1.165) is 11.1 Å². The molecule has 0 spiro atoms. The normalized spacial score (nSPS) is 22.2. The van der Waals surface area contributed by atoms with Gasteiger partial charge in [-0.1, -0.05) is 94.8 Å². The van der Waals surface area contributed by atoms with E-state index >= 15 is 0 Å². The number of carbonyl (C=O) groups is 7. The maximum Gasteiger partial charge on any atom is 0.407 e. The molecule has 2 aliphatic heterocycles. The minimum absolute atomic E-state index is 0.0151. The fraction of sp³-hybridized carbons (Fsp3) is 0.491. The number of hydrogen-bond donors (Lipinski definition) is 6. The van der Waals surface area contributed by atoms with Crippen LogP contribution >= 0.6 is 11.6 Å². The number of rotatable bonds is 17. The lowest BCUT2D eigenvalue weighted by Crippen LogP contribution is -2.51. The van der Waals surface area contributed by atoms with E-state index < -0.39 is 77.4 Å². The van der Waals surface area contributed by atoms with E-state index in [1.807, 2.05) is 58.9 Å². The van der Waals surface area contributed by atoms with Gasteiger partial charge in [0.15, 0.2) is 6.10 Å². The molecule has 8 atom stereocenters. The van der Waals surface area contributed by atoms with E-state index in [9.17, 15) is 33.6 Å². The molecule has 18 nitrogen and oxygen atoms in total. The van der Waals surface area contributed by atoms with Crippen LogP contribution in [-0.4, -0.2) is 91.8 Å². The highest BCUT2D eigenvalue weighted by atomic mass is 35.5. The van der Waals surface area contributed by atoms with Crippen molar-refractivity contribution >= 4 is 58.9 Å². The minimum atomic E-state index is -1.26. The van der Waals surface area contributed by atoms with Crippen LogP contribution in [-0.2, 0) is 67.3 Å². The average Bonchev–Trinajstić information content (AvgIpc) is 4.14. The van der Waals surface area contributed by atoms with Crippen LogP contribution in [0.5, 0.6) is 5.75 Å². The highest BCUT2D eigenvalue weighted by Gasteiger charge is 2.48. The third kappa shape index (κ3) is 16.5. The van der Waals surface area contributed by atoms with Crippen LogP contribution in [0.1, 0.15) is 96.6 Å². The fourth-order valence-corrected chi connectivity index (χ4v) is 7.91. The van der Waals surface area contributed by atoms with Crippen LogP contribution in [0.2, 0.25) is 5.02 Å². The van der Waals surface area contributed by atoms with Gasteiger partial charge >= 0.3 is 18.0 Å². The Bertz CT molecular complexity index is 2430. The number of cyclic esters (lactones) is 2. The molecule has 0 aliphatic carbocycles. The summed E-state index contributed by atoms with van der Waals surface area (Å²) >= 11 is 6.37. The Kier molecular flexibility index (Phi) is 20.2. The first-order chi connectivity index (χ1) is 34.0. The van der Waals surface area contributed by atoms with Gasteiger partial charge in [-0.3, -0.25) is 24.0 Å². The number of carbonyl (C=O) groups excluding carboxylic acids is 7. The van der Waals surface area contributed by atoms with Crippen LogP contribution in [0.3, 0.4) is 0 Å². The van der Waals surface area contributed by atoms with Crippen molar-refractivity contribution in [3.8, 4) is 5.75 Å². The van der Waals surface area contributed by atoms with Crippen LogP contribution in [0.4, 0.5) is 10.5 Å². The predicted molar refractivity (Wildman–Crippen MR) is 269 cm³/mol. The molecule has 2 aliphatic rings. The number of amides is 5. The van der Waals surface area contributed by atoms with Gasteiger partial charge in [0.1, 0.15) is 36.6 Å². The number of benzene rings is 3. The number of nitrogens with two attached hydrogens (primary N) is 1. The highest BCUT2D eigenvalue weighted by molar-refractivity contribution is 6.32. The topological polar surface area (TPSA) is 255 Å². The number of alkyl carbamates (subject to hydrolysis) is 1. The molecule has 5 amide bonds. The Labute approximate surface area is 426 Å². The smallest absolute Gasteiger partial charge is 0.407 e. The summed E-state index contributed by atoms with van der Waals surface area (Å²) in [5, 5.41) is 14.0. The molecule has 0 saturated carbocycles. The second kappa shape index (κ2) is 25.7. The molecule has 0 bridgehead atoms. The van der Waals surface area contributed by atoms with Gasteiger partial charge in [-0.2, -0.15) is 0 Å². The summed E-state index contributed by atoms with van der Waals surface area (Å²) in [6.07, 6.45) is -0.137. The lowest BCUT2D eigenvalue weighted by atomic mass is 9.92. The van der Waals surface area contributed by atoms with Crippen LogP contribution in [0.25, 0.3) is 0 Å². The SMILES string of the molecule is COc1ccc(C[C@H]2NC(=O)/C=C/C[C@@H]([C@H](C)[C@H]3O[C@@H]3c3ccc(CNC(=O)OCc4ccc(NC(=O)C(C)NC(=O)C(N)C(C)C)cc4)cc3)OC(=O)[C@H](CC(C)C)OC(=O)C(C)(C)CNC2=O)cc1Cl. The second-order valence-electron chi connectivity index (χ2n) is 19.7. The van der Waals surface area contributed by atoms with Crippen molar-refractivity contribution in [2.75, 3.05) is 19.0 Å². The number of methoxy groups -OCH3 is 1. The van der Waals surface area contributed by atoms with Gasteiger partial charge in [-0.05, 0) is 91.6 Å². The molecule has 1 fully saturated rings. The third-order valence-corrected chi connectivity index (χ3v) is 12.7. The molecule has 0 aromatic heterocycles. The number of halogens is 1.